The third kappa shape index (κ3) is 3.87. The van der Waals surface area contributed by atoms with Crippen molar-refractivity contribution in [1.29, 1.82) is 0 Å². The van der Waals surface area contributed by atoms with Crippen LogP contribution in [0.15, 0.2) is 70.3 Å². The molecule has 1 fully saturated rings. The van der Waals surface area contributed by atoms with E-state index in [1.54, 1.807) is 40.5 Å². The molecule has 2 aromatic carbocycles. The molecule has 7 heteroatoms. The van der Waals surface area contributed by atoms with Crippen molar-refractivity contribution in [3.63, 3.8) is 0 Å². The zero-order chi connectivity index (χ0) is 19.6. The molecule has 3 aromatic rings. The molecule has 0 atom stereocenters. The highest BCUT2D eigenvalue weighted by molar-refractivity contribution is 7.89. The molecule has 0 spiro atoms. The Bertz CT molecular complexity index is 1110. The number of benzene rings is 2. The molecule has 0 bridgehead atoms. The van der Waals surface area contributed by atoms with Crippen molar-refractivity contribution in [3.05, 3.63) is 70.9 Å². The van der Waals surface area contributed by atoms with Crippen LogP contribution in [0.4, 0.5) is 0 Å². The van der Waals surface area contributed by atoms with Crippen molar-refractivity contribution in [2.24, 2.45) is 0 Å². The number of sulfonamides is 1. The van der Waals surface area contributed by atoms with E-state index in [1.165, 1.54) is 4.31 Å². The minimum atomic E-state index is -3.57. The van der Waals surface area contributed by atoms with Crippen LogP contribution in [0.1, 0.15) is 5.56 Å². The van der Waals surface area contributed by atoms with Crippen molar-refractivity contribution in [3.8, 4) is 0 Å². The van der Waals surface area contributed by atoms with Gasteiger partial charge in [0.25, 0.3) is 0 Å². The molecule has 0 radical (unpaired) electrons. The Balaban J connectivity index is 1.44. The lowest BCUT2D eigenvalue weighted by Crippen LogP contribution is -2.50. The number of carbonyl (C=O) groups excluding carboxylic acids is 1. The van der Waals surface area contributed by atoms with Gasteiger partial charge in [-0.1, -0.05) is 30.3 Å². The van der Waals surface area contributed by atoms with Gasteiger partial charge in [-0.3, -0.25) is 4.79 Å². The van der Waals surface area contributed by atoms with Gasteiger partial charge in [-0.15, -0.1) is 0 Å². The van der Waals surface area contributed by atoms with Gasteiger partial charge in [0, 0.05) is 32.3 Å². The second-order valence-corrected chi connectivity index (χ2v) is 9.35. The first-order valence-corrected chi connectivity index (χ1v) is 11.4. The number of hydrogen-bond donors (Lipinski definition) is 0. The topological polar surface area (TPSA) is 57.7 Å². The molecular formula is C21H20N2O3S2. The first kappa shape index (κ1) is 18.9. The molecule has 144 valence electrons. The van der Waals surface area contributed by atoms with Crippen LogP contribution in [-0.4, -0.2) is 49.7 Å². The van der Waals surface area contributed by atoms with Crippen molar-refractivity contribution >= 4 is 44.1 Å². The Labute approximate surface area is 168 Å². The summed E-state index contributed by atoms with van der Waals surface area (Å²) >= 11 is 1.58. The highest BCUT2D eigenvalue weighted by atomic mass is 32.2. The van der Waals surface area contributed by atoms with E-state index >= 15 is 0 Å². The minimum absolute atomic E-state index is 0.0889. The number of nitrogens with zero attached hydrogens (tertiary/aromatic N) is 2. The van der Waals surface area contributed by atoms with E-state index in [4.69, 9.17) is 0 Å². The van der Waals surface area contributed by atoms with E-state index in [0.29, 0.717) is 31.1 Å². The molecule has 0 aliphatic carbocycles. The summed E-state index contributed by atoms with van der Waals surface area (Å²) in [7, 11) is -3.57. The summed E-state index contributed by atoms with van der Waals surface area (Å²) in [6.07, 6.45) is 3.34. The maximum Gasteiger partial charge on any atom is 0.246 e. The molecule has 1 aromatic heterocycles. The van der Waals surface area contributed by atoms with Gasteiger partial charge in [0.2, 0.25) is 15.9 Å². The summed E-state index contributed by atoms with van der Waals surface area (Å²) in [4.78, 5) is 14.3. The number of hydrogen-bond acceptors (Lipinski definition) is 4. The van der Waals surface area contributed by atoms with Crippen LogP contribution in [0, 0.1) is 0 Å². The van der Waals surface area contributed by atoms with Gasteiger partial charge in [0.1, 0.15) is 0 Å². The van der Waals surface area contributed by atoms with Gasteiger partial charge in [-0.05, 0) is 51.4 Å². The lowest BCUT2D eigenvalue weighted by molar-refractivity contribution is -0.127. The quantitative estimate of drug-likeness (QED) is 0.617. The molecule has 1 aliphatic heterocycles. The van der Waals surface area contributed by atoms with Crippen LogP contribution in [0.2, 0.25) is 0 Å². The minimum Gasteiger partial charge on any atom is -0.337 e. The summed E-state index contributed by atoms with van der Waals surface area (Å²) in [6, 6.07) is 14.8. The van der Waals surface area contributed by atoms with Crippen LogP contribution in [0.3, 0.4) is 0 Å². The molecule has 1 saturated heterocycles. The summed E-state index contributed by atoms with van der Waals surface area (Å²) in [5.41, 5.74) is 0.996. The molecule has 5 nitrogen and oxygen atoms in total. The third-order valence-electron chi connectivity index (χ3n) is 4.87. The van der Waals surface area contributed by atoms with E-state index in [0.717, 1.165) is 16.3 Å². The summed E-state index contributed by atoms with van der Waals surface area (Å²) < 4.78 is 27.5. The van der Waals surface area contributed by atoms with E-state index in [2.05, 4.69) is 0 Å². The number of piperazine rings is 1. The Morgan fingerprint density at radius 2 is 1.71 bits per heavy atom. The SMILES string of the molecule is O=C(/C=C/c1ccsc1)N1CCN(S(=O)(=O)c2ccc3ccccc3c2)CC1. The lowest BCUT2D eigenvalue weighted by Gasteiger charge is -2.33. The predicted octanol–water partition coefficient (Wildman–Crippen LogP) is 3.45. The van der Waals surface area contributed by atoms with E-state index in [9.17, 15) is 13.2 Å². The summed E-state index contributed by atoms with van der Waals surface area (Å²) in [5.74, 6) is -0.0889. The monoisotopic (exact) mass is 412 g/mol. The fourth-order valence-corrected chi connectivity index (χ4v) is 5.36. The second kappa shape index (κ2) is 7.87. The predicted molar refractivity (Wildman–Crippen MR) is 113 cm³/mol. The zero-order valence-electron chi connectivity index (χ0n) is 15.2. The largest absolute Gasteiger partial charge is 0.337 e. The molecule has 1 amide bonds. The van der Waals surface area contributed by atoms with Gasteiger partial charge >= 0.3 is 0 Å². The molecule has 2 heterocycles. The Hall–Kier alpha value is -2.48. The fourth-order valence-electron chi connectivity index (χ4n) is 3.27. The van der Waals surface area contributed by atoms with Crippen LogP contribution < -0.4 is 0 Å². The molecule has 0 unspecified atom stereocenters. The molecular weight excluding hydrogens is 392 g/mol. The average molecular weight is 413 g/mol. The Kier molecular flexibility index (Phi) is 5.30. The molecule has 4 rings (SSSR count). The lowest BCUT2D eigenvalue weighted by atomic mass is 10.1. The first-order chi connectivity index (χ1) is 13.5. The maximum absolute atomic E-state index is 13.0. The molecule has 28 heavy (non-hydrogen) atoms. The maximum atomic E-state index is 13.0. The van der Waals surface area contributed by atoms with Gasteiger partial charge in [-0.2, -0.15) is 15.6 Å². The van der Waals surface area contributed by atoms with Gasteiger partial charge in [0.05, 0.1) is 4.90 Å². The van der Waals surface area contributed by atoms with Crippen molar-refractivity contribution in [2.75, 3.05) is 26.2 Å². The number of amides is 1. The number of fused-ring (bicyclic) bond motifs is 1. The summed E-state index contributed by atoms with van der Waals surface area (Å²) in [6.45, 7) is 1.37. The van der Waals surface area contributed by atoms with Gasteiger partial charge in [-0.25, -0.2) is 8.42 Å². The van der Waals surface area contributed by atoms with Crippen LogP contribution in [-0.2, 0) is 14.8 Å². The normalized spacial score (nSPS) is 16.1. The first-order valence-electron chi connectivity index (χ1n) is 9.02. The third-order valence-corrected chi connectivity index (χ3v) is 7.47. The zero-order valence-corrected chi connectivity index (χ0v) is 16.8. The highest BCUT2D eigenvalue weighted by Gasteiger charge is 2.29. The smallest absolute Gasteiger partial charge is 0.246 e. The van der Waals surface area contributed by atoms with Crippen LogP contribution >= 0.6 is 11.3 Å². The highest BCUT2D eigenvalue weighted by Crippen LogP contribution is 2.23. The van der Waals surface area contributed by atoms with E-state index in [-0.39, 0.29) is 5.91 Å². The van der Waals surface area contributed by atoms with Crippen molar-refractivity contribution < 1.29 is 13.2 Å². The molecule has 0 N–H and O–H groups in total. The van der Waals surface area contributed by atoms with Gasteiger partial charge < -0.3 is 4.90 Å². The van der Waals surface area contributed by atoms with Crippen LogP contribution in [0.25, 0.3) is 16.8 Å². The van der Waals surface area contributed by atoms with Crippen molar-refractivity contribution in [2.45, 2.75) is 4.90 Å². The molecule has 1 aliphatic rings. The Morgan fingerprint density at radius 1 is 0.964 bits per heavy atom. The number of thiophene rings is 1. The van der Waals surface area contributed by atoms with E-state index in [1.807, 2.05) is 47.2 Å². The second-order valence-electron chi connectivity index (χ2n) is 6.63. The van der Waals surface area contributed by atoms with Crippen molar-refractivity contribution in [1.82, 2.24) is 9.21 Å². The summed E-state index contributed by atoms with van der Waals surface area (Å²) in [5, 5.41) is 5.84. The number of rotatable bonds is 4. The van der Waals surface area contributed by atoms with E-state index < -0.39 is 10.0 Å². The Morgan fingerprint density at radius 3 is 2.43 bits per heavy atom. The fraction of sp³-hybridized carbons (Fsp3) is 0.190. The van der Waals surface area contributed by atoms with Gasteiger partial charge in [0.15, 0.2) is 0 Å². The number of carbonyl (C=O) groups is 1. The average Bonchev–Trinajstić information content (AvgIpc) is 3.25. The molecule has 0 saturated carbocycles. The standard InChI is InChI=1S/C21H20N2O3S2/c24-21(8-5-17-9-14-27-16-17)22-10-12-23(13-11-22)28(25,26)20-7-6-18-3-1-2-4-19(18)15-20/h1-9,14-16H,10-13H2/b8-5+. The van der Waals surface area contributed by atoms with Crippen LogP contribution in [0.5, 0.6) is 0 Å².